The van der Waals surface area contributed by atoms with Gasteiger partial charge in [0.15, 0.2) is 29.0 Å². The number of pyridine rings is 1. The third kappa shape index (κ3) is 8.52. The Morgan fingerprint density at radius 1 is 0.862 bits per heavy atom. The second-order valence-corrected chi connectivity index (χ2v) is 21.1. The summed E-state index contributed by atoms with van der Waals surface area (Å²) in [5.41, 5.74) is 1.21. The Balaban J connectivity index is 2.72. The zero-order chi connectivity index (χ0) is 22.5. The van der Waals surface area contributed by atoms with Gasteiger partial charge in [-0.2, -0.15) is 4.73 Å². The van der Waals surface area contributed by atoms with E-state index < -0.39 is 16.6 Å². The molecule has 0 fully saturated rings. The van der Waals surface area contributed by atoms with Crippen molar-refractivity contribution < 1.29 is 13.6 Å². The van der Waals surface area contributed by atoms with Crippen LogP contribution in [-0.4, -0.2) is 29.8 Å². The minimum atomic E-state index is -1.77. The molecule has 0 atom stereocenters. The van der Waals surface area contributed by atoms with Crippen LogP contribution in [0, 0.1) is 11.1 Å². The second-order valence-electron chi connectivity index (χ2n) is 11.5. The van der Waals surface area contributed by atoms with Crippen molar-refractivity contribution >= 4 is 16.6 Å². The van der Waals surface area contributed by atoms with Crippen LogP contribution >= 0.6 is 0 Å². The molecule has 0 bridgehead atoms. The molecule has 1 aromatic rings. The van der Waals surface area contributed by atoms with Gasteiger partial charge in [-0.3, -0.25) is 0 Å². The molecule has 0 amide bonds. The molecule has 6 heteroatoms. The lowest BCUT2D eigenvalue weighted by molar-refractivity contribution is -0.605. The maximum atomic E-state index is 11.2. The molecule has 0 aromatic carbocycles. The fourth-order valence-electron chi connectivity index (χ4n) is 2.51. The molecule has 168 valence electrons. The number of aromatic nitrogens is 1. The number of hydrogen-bond donors (Lipinski definition) is 0. The maximum absolute atomic E-state index is 11.2. The van der Waals surface area contributed by atoms with E-state index in [9.17, 15) is 5.21 Å². The molecular formula is C23H45NO3Si2. The van der Waals surface area contributed by atoms with E-state index in [2.05, 4.69) is 67.7 Å². The van der Waals surface area contributed by atoms with Crippen molar-refractivity contribution in [2.24, 2.45) is 5.92 Å². The molecule has 29 heavy (non-hydrogen) atoms. The van der Waals surface area contributed by atoms with Gasteiger partial charge in [0.1, 0.15) is 0 Å². The van der Waals surface area contributed by atoms with E-state index in [1.165, 1.54) is 5.56 Å². The topological polar surface area (TPSA) is 45.4 Å². The summed E-state index contributed by atoms with van der Waals surface area (Å²) < 4.78 is 13.9. The Morgan fingerprint density at radius 2 is 1.28 bits per heavy atom. The number of hydrogen-bond acceptors (Lipinski definition) is 3. The van der Waals surface area contributed by atoms with Crippen LogP contribution in [0.15, 0.2) is 24.5 Å². The highest BCUT2D eigenvalue weighted by Gasteiger charge is 2.39. The molecule has 0 spiro atoms. The van der Waals surface area contributed by atoms with Gasteiger partial charge in [0.2, 0.25) is 0 Å². The van der Waals surface area contributed by atoms with Crippen molar-refractivity contribution in [3.05, 3.63) is 35.3 Å². The van der Waals surface area contributed by atoms with E-state index in [4.69, 9.17) is 8.85 Å². The molecule has 0 saturated carbocycles. The first kappa shape index (κ1) is 26.3. The summed E-state index contributed by atoms with van der Waals surface area (Å²) >= 11 is 0. The van der Waals surface area contributed by atoms with Gasteiger partial charge in [-0.25, -0.2) is 0 Å². The van der Waals surface area contributed by atoms with E-state index in [0.717, 1.165) is 37.2 Å². The highest BCUT2D eigenvalue weighted by molar-refractivity contribution is 6.74. The Morgan fingerprint density at radius 3 is 1.66 bits per heavy atom. The van der Waals surface area contributed by atoms with Crippen LogP contribution in [0.2, 0.25) is 36.3 Å². The summed E-state index contributed by atoms with van der Waals surface area (Å²) in [4.78, 5) is 0. The summed E-state index contributed by atoms with van der Waals surface area (Å²) in [6, 6.07) is 3.83. The molecule has 0 N–H and O–H groups in total. The van der Waals surface area contributed by atoms with Gasteiger partial charge >= 0.3 is 0 Å². The van der Waals surface area contributed by atoms with Crippen LogP contribution in [0.1, 0.15) is 59.9 Å². The molecular weight excluding hydrogens is 394 g/mol. The maximum Gasteiger partial charge on any atom is 0.191 e. The summed E-state index contributed by atoms with van der Waals surface area (Å²) in [6.45, 7) is 24.6. The molecule has 0 aliphatic carbocycles. The minimum absolute atomic E-state index is 0.218. The Bertz CT molecular complexity index is 586. The Kier molecular flexibility index (Phi) is 9.15. The first-order valence-electron chi connectivity index (χ1n) is 11.0. The van der Waals surface area contributed by atoms with E-state index in [0.29, 0.717) is 5.92 Å². The van der Waals surface area contributed by atoms with Crippen molar-refractivity contribution in [3.8, 4) is 0 Å². The average Bonchev–Trinajstić information content (AvgIpc) is 2.56. The Hall–Kier alpha value is -0.696. The predicted octanol–water partition coefficient (Wildman–Crippen LogP) is 6.30. The molecule has 0 unspecified atom stereocenters. The summed E-state index contributed by atoms with van der Waals surface area (Å²) in [5, 5.41) is 11.7. The summed E-state index contributed by atoms with van der Waals surface area (Å²) in [5.74, 6) is 0.409. The molecule has 4 nitrogen and oxygen atoms in total. The highest BCUT2D eigenvalue weighted by Crippen LogP contribution is 2.38. The number of nitrogens with zero attached hydrogens (tertiary/aromatic N) is 1. The van der Waals surface area contributed by atoms with Crippen LogP contribution < -0.4 is 4.73 Å². The fourth-order valence-corrected chi connectivity index (χ4v) is 4.68. The zero-order valence-electron chi connectivity index (χ0n) is 20.6. The van der Waals surface area contributed by atoms with Crippen LogP contribution in [0.3, 0.4) is 0 Å². The summed E-state index contributed by atoms with van der Waals surface area (Å²) in [7, 11) is -3.54. The van der Waals surface area contributed by atoms with Gasteiger partial charge < -0.3 is 14.1 Å². The molecule has 0 saturated heterocycles. The standard InChI is InChI=1S/C23H45NO3Si2/c1-22(2,3)28(7,8)26-18-21(19-27-29(9,10)23(4,5)6)13-11-12-20-14-16-24(25)17-15-20/h14-17,21H,11-13,18-19H2,1-10H3. The van der Waals surface area contributed by atoms with Crippen LogP contribution in [0.4, 0.5) is 0 Å². The van der Waals surface area contributed by atoms with Crippen molar-refractivity contribution in [2.75, 3.05) is 13.2 Å². The van der Waals surface area contributed by atoms with Gasteiger partial charge in [0.25, 0.3) is 0 Å². The molecule has 0 aliphatic heterocycles. The van der Waals surface area contributed by atoms with Crippen LogP contribution in [0.5, 0.6) is 0 Å². The Labute approximate surface area is 181 Å². The van der Waals surface area contributed by atoms with Crippen LogP contribution in [0.25, 0.3) is 0 Å². The molecule has 1 heterocycles. The monoisotopic (exact) mass is 439 g/mol. The third-order valence-electron chi connectivity index (χ3n) is 6.92. The lowest BCUT2D eigenvalue weighted by atomic mass is 10.0. The average molecular weight is 440 g/mol. The summed E-state index contributed by atoms with van der Waals surface area (Å²) in [6.07, 6.45) is 6.30. The molecule has 0 radical (unpaired) electrons. The number of rotatable bonds is 10. The lowest BCUT2D eigenvalue weighted by Gasteiger charge is -2.39. The second kappa shape index (κ2) is 10.1. The van der Waals surface area contributed by atoms with E-state index in [-0.39, 0.29) is 10.1 Å². The highest BCUT2D eigenvalue weighted by atomic mass is 28.4. The quantitative estimate of drug-likeness (QED) is 0.244. The van der Waals surface area contributed by atoms with Crippen LogP contribution in [-0.2, 0) is 15.3 Å². The van der Waals surface area contributed by atoms with Gasteiger partial charge in [-0.1, -0.05) is 41.5 Å². The van der Waals surface area contributed by atoms with Crippen molar-refractivity contribution in [3.63, 3.8) is 0 Å². The third-order valence-corrected chi connectivity index (χ3v) is 15.9. The van der Waals surface area contributed by atoms with Gasteiger partial charge in [0.05, 0.1) is 0 Å². The van der Waals surface area contributed by atoms with E-state index >= 15 is 0 Å². The smallest absolute Gasteiger partial charge is 0.191 e. The SMILES string of the molecule is CC(C)(C)[Si](C)(C)OCC(CCCc1cc[n+]([O-])cc1)CO[Si](C)(C)C(C)(C)C. The van der Waals surface area contributed by atoms with Crippen molar-refractivity contribution in [2.45, 2.75) is 97.1 Å². The van der Waals surface area contributed by atoms with E-state index in [1.807, 2.05) is 12.1 Å². The van der Waals surface area contributed by atoms with Crippen molar-refractivity contribution in [1.29, 1.82) is 0 Å². The molecule has 1 rings (SSSR count). The predicted molar refractivity (Wildman–Crippen MR) is 128 cm³/mol. The van der Waals surface area contributed by atoms with Gasteiger partial charge in [-0.15, -0.1) is 0 Å². The fraction of sp³-hybridized carbons (Fsp3) is 0.783. The number of aryl methyl sites for hydroxylation is 1. The largest absolute Gasteiger partial charge is 0.619 e. The lowest BCUT2D eigenvalue weighted by Crippen LogP contribution is -2.44. The van der Waals surface area contributed by atoms with E-state index in [1.54, 1.807) is 12.4 Å². The van der Waals surface area contributed by atoms with Gasteiger partial charge in [0, 0.05) is 31.3 Å². The van der Waals surface area contributed by atoms with Crippen molar-refractivity contribution in [1.82, 2.24) is 0 Å². The zero-order valence-corrected chi connectivity index (χ0v) is 22.6. The first-order chi connectivity index (χ1) is 13.1. The first-order valence-corrected chi connectivity index (χ1v) is 16.8. The molecule has 1 aromatic heterocycles. The van der Waals surface area contributed by atoms with Gasteiger partial charge in [-0.05, 0) is 61.1 Å². The minimum Gasteiger partial charge on any atom is -0.619 e. The molecule has 0 aliphatic rings. The normalized spacial score (nSPS) is 13.9.